The van der Waals surface area contributed by atoms with Gasteiger partial charge in [-0.05, 0) is 18.2 Å². The van der Waals surface area contributed by atoms with Gasteiger partial charge in [0.1, 0.15) is 24.7 Å². The Bertz CT molecular complexity index is 501. The molecule has 1 fully saturated rings. The summed E-state index contributed by atoms with van der Waals surface area (Å²) in [4.78, 5) is 2.31. The number of methoxy groups -OCH3 is 1. The van der Waals surface area contributed by atoms with Crippen molar-refractivity contribution in [2.45, 2.75) is 0 Å². The van der Waals surface area contributed by atoms with Crippen molar-refractivity contribution in [1.29, 1.82) is 0 Å². The van der Waals surface area contributed by atoms with Crippen LogP contribution in [0.15, 0.2) is 18.2 Å². The third-order valence-corrected chi connectivity index (χ3v) is 3.26. The van der Waals surface area contributed by atoms with Crippen LogP contribution >= 0.6 is 0 Å². The molecule has 1 aromatic carbocycles. The van der Waals surface area contributed by atoms with Crippen molar-refractivity contribution in [2.75, 3.05) is 53.2 Å². The molecule has 0 saturated carbocycles. The molecule has 21 heavy (non-hydrogen) atoms. The largest absolute Gasteiger partial charge is 0.497 e. The second-order valence-corrected chi connectivity index (χ2v) is 4.62. The fourth-order valence-electron chi connectivity index (χ4n) is 2.10. The lowest BCUT2D eigenvalue weighted by Crippen LogP contribution is -2.38. The van der Waals surface area contributed by atoms with Crippen LogP contribution in [-0.2, 0) is 4.74 Å². The number of aliphatic hydroxyl groups is 1. The Morgan fingerprint density at radius 3 is 2.86 bits per heavy atom. The summed E-state index contributed by atoms with van der Waals surface area (Å²) in [5.74, 6) is 6.96. The Labute approximate surface area is 125 Å². The highest BCUT2D eigenvalue weighted by Gasteiger charge is 2.10. The number of nitrogens with zero attached hydrogens (tertiary/aromatic N) is 1. The van der Waals surface area contributed by atoms with E-state index in [4.69, 9.17) is 19.3 Å². The van der Waals surface area contributed by atoms with Gasteiger partial charge in [0.15, 0.2) is 0 Å². The van der Waals surface area contributed by atoms with Crippen LogP contribution in [0.1, 0.15) is 5.56 Å². The van der Waals surface area contributed by atoms with Gasteiger partial charge in [0.05, 0.1) is 25.9 Å². The quantitative estimate of drug-likeness (QED) is 0.811. The zero-order valence-corrected chi connectivity index (χ0v) is 12.3. The summed E-state index contributed by atoms with van der Waals surface area (Å²) in [5.41, 5.74) is 0.727. The van der Waals surface area contributed by atoms with Crippen molar-refractivity contribution in [3.8, 4) is 23.3 Å². The summed E-state index contributed by atoms with van der Waals surface area (Å²) in [5, 5.41) is 8.83. The standard InChI is InChI=1S/C16H21NO4/c1-19-15-4-5-16(14(13-15)3-2-9-18)21-12-8-17-6-10-20-11-7-17/h4-5,13,18H,6-12H2,1H3. The van der Waals surface area contributed by atoms with Gasteiger partial charge < -0.3 is 19.3 Å². The van der Waals surface area contributed by atoms with Gasteiger partial charge in [-0.15, -0.1) is 0 Å². The maximum Gasteiger partial charge on any atom is 0.135 e. The summed E-state index contributed by atoms with van der Waals surface area (Å²) < 4.78 is 16.3. The Morgan fingerprint density at radius 1 is 1.33 bits per heavy atom. The fourth-order valence-corrected chi connectivity index (χ4v) is 2.10. The van der Waals surface area contributed by atoms with Gasteiger partial charge in [0.2, 0.25) is 0 Å². The first kappa shape index (κ1) is 15.6. The van der Waals surface area contributed by atoms with Crippen LogP contribution in [0.4, 0.5) is 0 Å². The molecule has 1 aliphatic rings. The molecule has 1 saturated heterocycles. The molecule has 5 heteroatoms. The van der Waals surface area contributed by atoms with Crippen LogP contribution in [0, 0.1) is 11.8 Å². The lowest BCUT2D eigenvalue weighted by Gasteiger charge is -2.26. The Hall–Kier alpha value is -1.74. The molecular formula is C16H21NO4. The summed E-state index contributed by atoms with van der Waals surface area (Å²) in [6.45, 7) is 4.75. The molecular weight excluding hydrogens is 270 g/mol. The van der Waals surface area contributed by atoms with Crippen molar-refractivity contribution in [1.82, 2.24) is 4.90 Å². The number of hydrogen-bond acceptors (Lipinski definition) is 5. The number of morpholine rings is 1. The predicted octanol–water partition coefficient (Wildman–Crippen LogP) is 0.750. The fraction of sp³-hybridized carbons (Fsp3) is 0.500. The molecule has 0 bridgehead atoms. The van der Waals surface area contributed by atoms with Crippen molar-refractivity contribution in [3.05, 3.63) is 23.8 Å². The number of rotatable bonds is 5. The normalized spacial score (nSPS) is 15.1. The van der Waals surface area contributed by atoms with Crippen LogP contribution in [0.5, 0.6) is 11.5 Å². The van der Waals surface area contributed by atoms with Gasteiger partial charge in [-0.1, -0.05) is 11.8 Å². The van der Waals surface area contributed by atoms with Crippen LogP contribution in [0.2, 0.25) is 0 Å². The first-order valence-electron chi connectivity index (χ1n) is 7.04. The Morgan fingerprint density at radius 2 is 2.14 bits per heavy atom. The summed E-state index contributed by atoms with van der Waals surface area (Å²) in [6.07, 6.45) is 0. The van der Waals surface area contributed by atoms with E-state index < -0.39 is 0 Å². The minimum atomic E-state index is -0.176. The van der Waals surface area contributed by atoms with Gasteiger partial charge in [-0.25, -0.2) is 0 Å². The molecule has 1 heterocycles. The molecule has 0 aromatic heterocycles. The van der Waals surface area contributed by atoms with Crippen molar-refractivity contribution in [3.63, 3.8) is 0 Å². The van der Waals surface area contributed by atoms with Gasteiger partial charge >= 0.3 is 0 Å². The number of hydrogen-bond donors (Lipinski definition) is 1. The molecule has 5 nitrogen and oxygen atoms in total. The first-order valence-corrected chi connectivity index (χ1v) is 7.04. The highest BCUT2D eigenvalue weighted by atomic mass is 16.5. The Kier molecular flexibility index (Phi) is 6.35. The van der Waals surface area contributed by atoms with Crippen molar-refractivity contribution >= 4 is 0 Å². The third kappa shape index (κ3) is 4.94. The van der Waals surface area contributed by atoms with Crippen LogP contribution in [0.25, 0.3) is 0 Å². The SMILES string of the molecule is COc1ccc(OCCN2CCOCC2)c(C#CCO)c1. The van der Waals surface area contributed by atoms with E-state index in [1.54, 1.807) is 7.11 Å². The number of aliphatic hydroxyl groups excluding tert-OH is 1. The van der Waals surface area contributed by atoms with Crippen molar-refractivity contribution in [2.24, 2.45) is 0 Å². The summed E-state index contributed by atoms with van der Waals surface area (Å²) in [6, 6.07) is 5.50. The van der Waals surface area contributed by atoms with E-state index in [-0.39, 0.29) is 6.61 Å². The van der Waals surface area contributed by atoms with E-state index in [2.05, 4.69) is 16.7 Å². The monoisotopic (exact) mass is 291 g/mol. The van der Waals surface area contributed by atoms with Crippen LogP contribution < -0.4 is 9.47 Å². The van der Waals surface area contributed by atoms with E-state index in [1.807, 2.05) is 18.2 Å². The van der Waals surface area contributed by atoms with Gasteiger partial charge in [0, 0.05) is 19.6 Å². The zero-order valence-electron chi connectivity index (χ0n) is 12.3. The molecule has 0 amide bonds. The lowest BCUT2D eigenvalue weighted by atomic mass is 10.2. The van der Waals surface area contributed by atoms with Crippen LogP contribution in [-0.4, -0.2) is 63.2 Å². The van der Waals surface area contributed by atoms with E-state index in [1.165, 1.54) is 0 Å². The van der Waals surface area contributed by atoms with Gasteiger partial charge in [-0.2, -0.15) is 0 Å². The van der Waals surface area contributed by atoms with E-state index in [0.29, 0.717) is 12.4 Å². The van der Waals surface area contributed by atoms with E-state index >= 15 is 0 Å². The summed E-state index contributed by atoms with van der Waals surface area (Å²) >= 11 is 0. The topological polar surface area (TPSA) is 51.2 Å². The molecule has 0 unspecified atom stereocenters. The molecule has 114 valence electrons. The average Bonchev–Trinajstić information content (AvgIpc) is 2.54. The first-order chi connectivity index (χ1) is 10.3. The van der Waals surface area contributed by atoms with Crippen molar-refractivity contribution < 1.29 is 19.3 Å². The average molecular weight is 291 g/mol. The highest BCUT2D eigenvalue weighted by molar-refractivity contribution is 5.50. The molecule has 0 aliphatic carbocycles. The molecule has 0 spiro atoms. The predicted molar refractivity (Wildman–Crippen MR) is 79.7 cm³/mol. The third-order valence-electron chi connectivity index (χ3n) is 3.26. The molecule has 1 N–H and O–H groups in total. The molecule has 0 atom stereocenters. The zero-order chi connectivity index (χ0) is 14.9. The molecule has 1 aliphatic heterocycles. The minimum Gasteiger partial charge on any atom is -0.497 e. The number of ether oxygens (including phenoxy) is 3. The summed E-state index contributed by atoms with van der Waals surface area (Å²) in [7, 11) is 1.61. The molecule has 1 aromatic rings. The maximum absolute atomic E-state index is 8.83. The van der Waals surface area contributed by atoms with Crippen LogP contribution in [0.3, 0.4) is 0 Å². The second-order valence-electron chi connectivity index (χ2n) is 4.62. The number of benzene rings is 1. The molecule has 2 rings (SSSR count). The van der Waals surface area contributed by atoms with Gasteiger partial charge in [0.25, 0.3) is 0 Å². The van der Waals surface area contributed by atoms with E-state index in [0.717, 1.165) is 44.2 Å². The lowest BCUT2D eigenvalue weighted by molar-refractivity contribution is 0.0322. The van der Waals surface area contributed by atoms with Gasteiger partial charge in [-0.3, -0.25) is 4.90 Å². The minimum absolute atomic E-state index is 0.176. The Balaban J connectivity index is 1.94. The molecule has 0 radical (unpaired) electrons. The van der Waals surface area contributed by atoms with E-state index in [9.17, 15) is 0 Å². The highest BCUT2D eigenvalue weighted by Crippen LogP contribution is 2.23. The second kappa shape index (κ2) is 8.53. The maximum atomic E-state index is 8.83. The smallest absolute Gasteiger partial charge is 0.135 e.